The second-order valence-corrected chi connectivity index (χ2v) is 6.98. The lowest BCUT2D eigenvalue weighted by molar-refractivity contribution is -0.384. The first-order valence-corrected chi connectivity index (χ1v) is 8.21. The largest absolute Gasteiger partial charge is 0.361 e. The number of rotatable bonds is 3. The summed E-state index contributed by atoms with van der Waals surface area (Å²) >= 11 is 0. The van der Waals surface area contributed by atoms with Gasteiger partial charge in [0.2, 0.25) is 10.0 Å². The molecular weight excluding hydrogens is 296 g/mol. The van der Waals surface area contributed by atoms with Crippen LogP contribution >= 0.6 is 0 Å². The summed E-state index contributed by atoms with van der Waals surface area (Å²) in [5.41, 5.74) is 0.248. The quantitative estimate of drug-likeness (QED) is 0.601. The first-order valence-electron chi connectivity index (χ1n) is 6.66. The molecule has 0 bridgehead atoms. The number of primary sulfonamides is 1. The fourth-order valence-corrected chi connectivity index (χ4v) is 3.75. The van der Waals surface area contributed by atoms with Gasteiger partial charge in [-0.3, -0.25) is 10.1 Å². The second-order valence-electron chi connectivity index (χ2n) is 5.42. The summed E-state index contributed by atoms with van der Waals surface area (Å²) in [4.78, 5) is 12.5. The standard InChI is InChI=1S/C12H16N4O4S/c13-21(19,20)9-1-2-10(11(5-9)16(17)18)15-4-3-8-6-14-7-12(8)15/h1-2,5,8,12,14H,3-4,6-7H2,(H2,13,19,20)/t8-,12+/m0/s1. The second kappa shape index (κ2) is 4.93. The van der Waals surface area contributed by atoms with E-state index in [4.69, 9.17) is 5.14 Å². The predicted octanol–water partition coefficient (Wildman–Crippen LogP) is 0.0403. The molecule has 1 aromatic rings. The molecule has 0 radical (unpaired) electrons. The van der Waals surface area contributed by atoms with Crippen LogP contribution in [0.1, 0.15) is 6.42 Å². The van der Waals surface area contributed by atoms with Crippen LogP contribution in [-0.2, 0) is 10.0 Å². The lowest BCUT2D eigenvalue weighted by atomic mass is 10.0. The van der Waals surface area contributed by atoms with Gasteiger partial charge in [0, 0.05) is 31.7 Å². The number of nitrogens with two attached hydrogens (primary N) is 1. The van der Waals surface area contributed by atoms with E-state index in [2.05, 4.69) is 5.32 Å². The van der Waals surface area contributed by atoms with Crippen LogP contribution < -0.4 is 15.4 Å². The molecule has 0 aliphatic carbocycles. The molecule has 114 valence electrons. The van der Waals surface area contributed by atoms with Gasteiger partial charge in [0.25, 0.3) is 5.69 Å². The summed E-state index contributed by atoms with van der Waals surface area (Å²) in [6, 6.07) is 4.08. The lowest BCUT2D eigenvalue weighted by Crippen LogP contribution is -2.34. The fraction of sp³-hybridized carbons (Fsp3) is 0.500. The molecule has 0 spiro atoms. The van der Waals surface area contributed by atoms with Gasteiger partial charge < -0.3 is 10.2 Å². The van der Waals surface area contributed by atoms with Gasteiger partial charge in [-0.25, -0.2) is 13.6 Å². The molecule has 2 aliphatic heterocycles. The molecule has 0 aromatic heterocycles. The Balaban J connectivity index is 2.04. The van der Waals surface area contributed by atoms with Gasteiger partial charge in [-0.05, 0) is 24.5 Å². The van der Waals surface area contributed by atoms with Crippen molar-refractivity contribution in [2.24, 2.45) is 11.1 Å². The van der Waals surface area contributed by atoms with Gasteiger partial charge in [-0.15, -0.1) is 0 Å². The van der Waals surface area contributed by atoms with Crippen molar-refractivity contribution < 1.29 is 13.3 Å². The Morgan fingerprint density at radius 2 is 2.14 bits per heavy atom. The van der Waals surface area contributed by atoms with Gasteiger partial charge in [0.1, 0.15) is 5.69 Å². The van der Waals surface area contributed by atoms with Crippen molar-refractivity contribution in [1.29, 1.82) is 0 Å². The first kappa shape index (κ1) is 14.2. The molecule has 0 unspecified atom stereocenters. The average Bonchev–Trinajstić information content (AvgIpc) is 2.99. The molecule has 2 fully saturated rings. The number of fused-ring (bicyclic) bond motifs is 1. The van der Waals surface area contributed by atoms with E-state index in [1.54, 1.807) is 0 Å². The Bertz CT molecular complexity index is 690. The third-order valence-corrected chi connectivity index (χ3v) is 5.14. The van der Waals surface area contributed by atoms with Crippen molar-refractivity contribution in [3.63, 3.8) is 0 Å². The number of anilines is 1. The van der Waals surface area contributed by atoms with E-state index in [9.17, 15) is 18.5 Å². The van der Waals surface area contributed by atoms with Crippen LogP contribution in [0.5, 0.6) is 0 Å². The smallest absolute Gasteiger partial charge is 0.293 e. The van der Waals surface area contributed by atoms with Crippen LogP contribution in [0.2, 0.25) is 0 Å². The number of benzene rings is 1. The first-order chi connectivity index (χ1) is 9.88. The van der Waals surface area contributed by atoms with E-state index in [1.807, 2.05) is 4.90 Å². The zero-order valence-electron chi connectivity index (χ0n) is 11.2. The third-order valence-electron chi connectivity index (χ3n) is 4.23. The SMILES string of the molecule is NS(=O)(=O)c1ccc(N2CC[C@H]3CNC[C@H]32)c([N+](=O)[O-])c1. The van der Waals surface area contributed by atoms with E-state index in [0.29, 0.717) is 11.6 Å². The van der Waals surface area contributed by atoms with Crippen LogP contribution in [0.15, 0.2) is 23.1 Å². The van der Waals surface area contributed by atoms with E-state index >= 15 is 0 Å². The van der Waals surface area contributed by atoms with Crippen LogP contribution in [0, 0.1) is 16.0 Å². The zero-order chi connectivity index (χ0) is 15.2. The third kappa shape index (κ3) is 2.47. The van der Waals surface area contributed by atoms with Gasteiger partial charge in [-0.1, -0.05) is 0 Å². The molecular formula is C12H16N4O4S. The highest BCUT2D eigenvalue weighted by atomic mass is 32.2. The van der Waals surface area contributed by atoms with E-state index in [1.165, 1.54) is 12.1 Å². The normalized spacial score (nSPS) is 25.1. The molecule has 2 aliphatic rings. The highest BCUT2D eigenvalue weighted by Crippen LogP contribution is 2.38. The molecule has 3 N–H and O–H groups in total. The van der Waals surface area contributed by atoms with Crippen LogP contribution in [-0.4, -0.2) is 39.0 Å². The maximum Gasteiger partial charge on any atom is 0.293 e. The van der Waals surface area contributed by atoms with Crippen LogP contribution in [0.3, 0.4) is 0 Å². The van der Waals surface area contributed by atoms with Crippen molar-refractivity contribution in [1.82, 2.24) is 5.32 Å². The number of nitro groups is 1. The number of nitrogens with one attached hydrogen (secondary N) is 1. The summed E-state index contributed by atoms with van der Waals surface area (Å²) in [6.07, 6.45) is 0.978. The number of sulfonamides is 1. The molecule has 9 heteroatoms. The van der Waals surface area contributed by atoms with Crippen molar-refractivity contribution in [2.45, 2.75) is 17.4 Å². The molecule has 2 heterocycles. The Kier molecular flexibility index (Phi) is 3.34. The molecule has 2 atom stereocenters. The number of hydrogen-bond donors (Lipinski definition) is 2. The molecule has 1 aromatic carbocycles. The highest BCUT2D eigenvalue weighted by molar-refractivity contribution is 7.89. The van der Waals surface area contributed by atoms with Crippen LogP contribution in [0.25, 0.3) is 0 Å². The Labute approximate surface area is 122 Å². The number of nitrogens with zero attached hydrogens (tertiary/aromatic N) is 2. The lowest BCUT2D eigenvalue weighted by Gasteiger charge is -2.25. The average molecular weight is 312 g/mol. The van der Waals surface area contributed by atoms with Gasteiger partial charge in [0.05, 0.1) is 9.82 Å². The van der Waals surface area contributed by atoms with Gasteiger partial charge in [-0.2, -0.15) is 0 Å². The molecule has 2 saturated heterocycles. The van der Waals surface area contributed by atoms with E-state index in [0.717, 1.165) is 32.1 Å². The van der Waals surface area contributed by atoms with Crippen LogP contribution in [0.4, 0.5) is 11.4 Å². The van der Waals surface area contributed by atoms with E-state index < -0.39 is 14.9 Å². The van der Waals surface area contributed by atoms with Crippen molar-refractivity contribution in [2.75, 3.05) is 24.5 Å². The minimum absolute atomic E-state index is 0.214. The molecule has 3 rings (SSSR count). The molecule has 0 saturated carbocycles. The minimum atomic E-state index is -3.95. The van der Waals surface area contributed by atoms with Crippen molar-refractivity contribution >= 4 is 21.4 Å². The van der Waals surface area contributed by atoms with Crippen molar-refractivity contribution in [3.8, 4) is 0 Å². The Hall–Kier alpha value is -1.71. The topological polar surface area (TPSA) is 119 Å². The highest BCUT2D eigenvalue weighted by Gasteiger charge is 2.39. The zero-order valence-corrected chi connectivity index (χ0v) is 12.0. The fourth-order valence-electron chi connectivity index (χ4n) is 3.22. The summed E-state index contributed by atoms with van der Waals surface area (Å²) in [7, 11) is -3.95. The molecule has 21 heavy (non-hydrogen) atoms. The summed E-state index contributed by atoms with van der Waals surface area (Å²) in [5.74, 6) is 0.488. The van der Waals surface area contributed by atoms with Crippen molar-refractivity contribution in [3.05, 3.63) is 28.3 Å². The maximum absolute atomic E-state index is 11.4. The number of hydrogen-bond acceptors (Lipinski definition) is 6. The summed E-state index contributed by atoms with van der Waals surface area (Å²) < 4.78 is 22.7. The monoisotopic (exact) mass is 312 g/mol. The maximum atomic E-state index is 11.4. The minimum Gasteiger partial charge on any atom is -0.361 e. The Morgan fingerprint density at radius 1 is 1.38 bits per heavy atom. The Morgan fingerprint density at radius 3 is 2.81 bits per heavy atom. The summed E-state index contributed by atoms with van der Waals surface area (Å²) in [5, 5.41) is 19.6. The number of nitro benzene ring substituents is 1. The van der Waals surface area contributed by atoms with Gasteiger partial charge in [0.15, 0.2) is 0 Å². The van der Waals surface area contributed by atoms with Gasteiger partial charge >= 0.3 is 0 Å². The van der Waals surface area contributed by atoms with E-state index in [-0.39, 0.29) is 16.6 Å². The molecule has 0 amide bonds. The summed E-state index contributed by atoms with van der Waals surface area (Å²) in [6.45, 7) is 2.45. The predicted molar refractivity (Wildman–Crippen MR) is 76.6 cm³/mol. The molecule has 8 nitrogen and oxygen atoms in total.